The van der Waals surface area contributed by atoms with Crippen LogP contribution in [0.25, 0.3) is 22.3 Å². The first kappa shape index (κ1) is 14.0. The summed E-state index contributed by atoms with van der Waals surface area (Å²) in [6, 6.07) is 16.1. The van der Waals surface area contributed by atoms with Gasteiger partial charge < -0.3 is 0 Å². The van der Waals surface area contributed by atoms with Crippen LogP contribution in [0.15, 0.2) is 48.5 Å². The van der Waals surface area contributed by atoms with Crippen LogP contribution in [-0.4, -0.2) is 9.97 Å². The summed E-state index contributed by atoms with van der Waals surface area (Å²) < 4.78 is 0. The molecule has 106 valence electrons. The van der Waals surface area contributed by atoms with E-state index in [0.29, 0.717) is 11.0 Å². The summed E-state index contributed by atoms with van der Waals surface area (Å²) in [4.78, 5) is 9.18. The highest BCUT2D eigenvalue weighted by Crippen LogP contribution is 2.32. The number of nitrogens with zero attached hydrogens (tertiary/aromatic N) is 2. The van der Waals surface area contributed by atoms with Crippen LogP contribution in [0.3, 0.4) is 0 Å². The molecule has 2 nitrogen and oxygen atoms in total. The number of halogens is 1. The van der Waals surface area contributed by atoms with Gasteiger partial charge >= 0.3 is 0 Å². The fraction of sp³-hybridized carbons (Fsp3) is 0.222. The average molecular weight is 297 g/mol. The number of benzene rings is 2. The molecule has 0 bridgehead atoms. The van der Waals surface area contributed by atoms with Crippen molar-refractivity contribution in [3.63, 3.8) is 0 Å². The zero-order valence-corrected chi connectivity index (χ0v) is 13.1. The van der Waals surface area contributed by atoms with Crippen LogP contribution < -0.4 is 0 Å². The monoisotopic (exact) mass is 296 g/mol. The van der Waals surface area contributed by atoms with Crippen LogP contribution in [0.2, 0.25) is 5.15 Å². The van der Waals surface area contributed by atoms with Gasteiger partial charge in [0.25, 0.3) is 0 Å². The molecule has 1 aromatic heterocycles. The van der Waals surface area contributed by atoms with E-state index in [9.17, 15) is 0 Å². The molecule has 0 N–H and O–H groups in total. The Hall–Kier alpha value is -1.93. The van der Waals surface area contributed by atoms with Gasteiger partial charge in [0.15, 0.2) is 5.82 Å². The molecule has 0 spiro atoms. The van der Waals surface area contributed by atoms with E-state index in [0.717, 1.165) is 16.5 Å². The van der Waals surface area contributed by atoms with E-state index in [1.165, 1.54) is 5.56 Å². The molecule has 0 radical (unpaired) electrons. The third-order valence-electron chi connectivity index (χ3n) is 3.53. The number of fused-ring (bicyclic) bond motifs is 1. The van der Waals surface area contributed by atoms with Crippen molar-refractivity contribution in [2.45, 2.75) is 26.2 Å². The van der Waals surface area contributed by atoms with Crippen molar-refractivity contribution >= 4 is 22.5 Å². The minimum absolute atomic E-state index is 0.0259. The van der Waals surface area contributed by atoms with Crippen LogP contribution in [0.4, 0.5) is 0 Å². The highest BCUT2D eigenvalue weighted by Gasteiger charge is 2.20. The Morgan fingerprint density at radius 3 is 2.29 bits per heavy atom. The lowest BCUT2D eigenvalue weighted by atomic mass is 9.83. The van der Waals surface area contributed by atoms with Crippen molar-refractivity contribution < 1.29 is 0 Å². The first-order chi connectivity index (χ1) is 9.97. The minimum Gasteiger partial charge on any atom is -0.228 e. The molecule has 0 saturated carbocycles. The Morgan fingerprint density at radius 1 is 0.857 bits per heavy atom. The highest BCUT2D eigenvalue weighted by molar-refractivity contribution is 6.34. The molecule has 0 aliphatic carbocycles. The van der Waals surface area contributed by atoms with Crippen LogP contribution >= 0.6 is 11.6 Å². The van der Waals surface area contributed by atoms with Crippen molar-refractivity contribution in [2.75, 3.05) is 0 Å². The molecular weight excluding hydrogens is 280 g/mol. The van der Waals surface area contributed by atoms with Gasteiger partial charge in [0.1, 0.15) is 5.15 Å². The van der Waals surface area contributed by atoms with Crippen molar-refractivity contribution in [1.82, 2.24) is 9.97 Å². The first-order valence-electron chi connectivity index (χ1n) is 6.99. The largest absolute Gasteiger partial charge is 0.228 e. The van der Waals surface area contributed by atoms with Gasteiger partial charge in [-0.05, 0) is 23.1 Å². The lowest BCUT2D eigenvalue weighted by Gasteiger charge is -2.22. The highest BCUT2D eigenvalue weighted by atomic mass is 35.5. The van der Waals surface area contributed by atoms with E-state index in [1.807, 2.05) is 36.4 Å². The second-order valence-electron chi connectivity index (χ2n) is 6.15. The van der Waals surface area contributed by atoms with Gasteiger partial charge in [-0.1, -0.05) is 68.8 Å². The summed E-state index contributed by atoms with van der Waals surface area (Å²) >= 11 is 6.33. The van der Waals surface area contributed by atoms with E-state index in [1.54, 1.807) is 0 Å². The second-order valence-corrected chi connectivity index (χ2v) is 6.51. The molecule has 0 fully saturated rings. The van der Waals surface area contributed by atoms with E-state index in [4.69, 9.17) is 11.6 Å². The Kier molecular flexibility index (Phi) is 3.42. The molecule has 0 aliphatic heterocycles. The summed E-state index contributed by atoms with van der Waals surface area (Å²) in [5.41, 5.74) is 3.16. The lowest BCUT2D eigenvalue weighted by molar-refractivity contribution is 0.591. The Labute approximate surface area is 129 Å². The third kappa shape index (κ3) is 2.64. The molecule has 0 unspecified atom stereocenters. The molecule has 1 heterocycles. The van der Waals surface area contributed by atoms with Gasteiger partial charge in [0.05, 0.1) is 5.52 Å². The normalized spacial score (nSPS) is 11.8. The third-order valence-corrected chi connectivity index (χ3v) is 3.82. The molecule has 0 atom stereocenters. The lowest BCUT2D eigenvalue weighted by Crippen LogP contribution is -2.13. The molecule has 0 aliphatic rings. The summed E-state index contributed by atoms with van der Waals surface area (Å²) in [5, 5.41) is 1.38. The molecule has 3 heteroatoms. The van der Waals surface area contributed by atoms with Gasteiger partial charge in [0.2, 0.25) is 0 Å². The summed E-state index contributed by atoms with van der Waals surface area (Å²) in [6.07, 6.45) is 0. The number of hydrogen-bond acceptors (Lipinski definition) is 2. The smallest absolute Gasteiger partial charge is 0.161 e. The fourth-order valence-electron chi connectivity index (χ4n) is 2.49. The Morgan fingerprint density at radius 2 is 1.52 bits per heavy atom. The summed E-state index contributed by atoms with van der Waals surface area (Å²) in [6.45, 7) is 6.57. The van der Waals surface area contributed by atoms with Gasteiger partial charge in [-0.15, -0.1) is 0 Å². The molecule has 3 aromatic rings. The quantitative estimate of drug-likeness (QED) is 0.573. The summed E-state index contributed by atoms with van der Waals surface area (Å²) in [5.74, 6) is 0.684. The van der Waals surface area contributed by atoms with Crippen LogP contribution in [0.5, 0.6) is 0 Å². The maximum Gasteiger partial charge on any atom is 0.161 e. The second kappa shape index (κ2) is 5.12. The summed E-state index contributed by atoms with van der Waals surface area (Å²) in [7, 11) is 0. The Bertz CT molecular complexity index is 804. The predicted octanol–water partition coefficient (Wildman–Crippen LogP) is 5.25. The van der Waals surface area contributed by atoms with Gasteiger partial charge in [-0.3, -0.25) is 0 Å². The number of para-hydroxylation sites is 1. The van der Waals surface area contributed by atoms with Crippen molar-refractivity contribution in [1.29, 1.82) is 0 Å². The van der Waals surface area contributed by atoms with Crippen LogP contribution in [0.1, 0.15) is 26.3 Å². The number of hydrogen-bond donors (Lipinski definition) is 0. The van der Waals surface area contributed by atoms with Gasteiger partial charge in [-0.2, -0.15) is 0 Å². The fourth-order valence-corrected chi connectivity index (χ4v) is 2.73. The molecular formula is C18H17ClN2. The van der Waals surface area contributed by atoms with Crippen LogP contribution in [0, 0.1) is 0 Å². The van der Waals surface area contributed by atoms with Crippen molar-refractivity contribution in [3.05, 3.63) is 59.2 Å². The number of aromatic nitrogens is 2. The minimum atomic E-state index is 0.0259. The molecule has 3 rings (SSSR count). The molecule has 2 aromatic carbocycles. The molecule has 0 saturated heterocycles. The maximum atomic E-state index is 6.33. The first-order valence-corrected chi connectivity index (χ1v) is 7.37. The standard InChI is InChI=1S/C18H17ClN2/c1-18(2,3)14-10-6-4-8-12(14)17-20-15-11-7-5-9-13(15)16(19)21-17/h4-11H,1-3H3. The van der Waals surface area contributed by atoms with Crippen LogP contribution in [-0.2, 0) is 5.41 Å². The zero-order valence-electron chi connectivity index (χ0n) is 12.4. The SMILES string of the molecule is CC(C)(C)c1ccccc1-c1nc(Cl)c2ccccc2n1. The zero-order chi connectivity index (χ0) is 15.0. The topological polar surface area (TPSA) is 25.8 Å². The van der Waals surface area contributed by atoms with Gasteiger partial charge in [-0.25, -0.2) is 9.97 Å². The van der Waals surface area contributed by atoms with Gasteiger partial charge in [0, 0.05) is 10.9 Å². The average Bonchev–Trinajstić information content (AvgIpc) is 2.46. The van der Waals surface area contributed by atoms with Crippen molar-refractivity contribution in [3.8, 4) is 11.4 Å². The van der Waals surface area contributed by atoms with E-state index in [-0.39, 0.29) is 5.41 Å². The van der Waals surface area contributed by atoms with E-state index in [2.05, 4.69) is 42.9 Å². The van der Waals surface area contributed by atoms with Crippen molar-refractivity contribution in [2.24, 2.45) is 0 Å². The Balaban J connectivity index is 2.27. The van der Waals surface area contributed by atoms with E-state index >= 15 is 0 Å². The predicted molar refractivity (Wildman–Crippen MR) is 88.7 cm³/mol. The maximum absolute atomic E-state index is 6.33. The van der Waals surface area contributed by atoms with E-state index < -0.39 is 0 Å². The molecule has 0 amide bonds. The molecule has 21 heavy (non-hydrogen) atoms. The number of rotatable bonds is 1.